The molecule has 1 saturated carbocycles. The number of carbonyl (C=O) groups is 3. The van der Waals surface area contributed by atoms with Gasteiger partial charge in [-0.05, 0) is 43.4 Å². The van der Waals surface area contributed by atoms with Crippen LogP contribution in [0, 0.1) is 0 Å². The van der Waals surface area contributed by atoms with Crippen LogP contribution in [0.4, 0.5) is 0 Å². The summed E-state index contributed by atoms with van der Waals surface area (Å²) in [6.45, 7) is 0.739. The monoisotopic (exact) mass is 407 g/mol. The molecule has 0 unspecified atom stereocenters. The van der Waals surface area contributed by atoms with E-state index in [-0.39, 0.29) is 47.9 Å². The van der Waals surface area contributed by atoms with Crippen molar-refractivity contribution in [1.82, 2.24) is 14.9 Å². The fourth-order valence-corrected chi connectivity index (χ4v) is 4.31. The molecule has 1 aliphatic carbocycles. The topological polar surface area (TPSA) is 113 Å². The Morgan fingerprint density at radius 1 is 1.07 bits per heavy atom. The lowest BCUT2D eigenvalue weighted by atomic mass is 10.1. The van der Waals surface area contributed by atoms with Crippen LogP contribution in [-0.4, -0.2) is 50.2 Å². The molecule has 0 atom stereocenters. The van der Waals surface area contributed by atoms with Gasteiger partial charge in [0, 0.05) is 38.4 Å². The number of hydrogen-bond acceptors (Lipinski definition) is 5. The van der Waals surface area contributed by atoms with Crippen molar-refractivity contribution in [2.24, 2.45) is 0 Å². The van der Waals surface area contributed by atoms with E-state index < -0.39 is 10.0 Å². The smallest absolute Gasteiger partial charge is 0.240 e. The first-order valence-electron chi connectivity index (χ1n) is 9.56. The number of amides is 3. The van der Waals surface area contributed by atoms with Gasteiger partial charge in [-0.1, -0.05) is 12.1 Å². The Morgan fingerprint density at radius 2 is 1.71 bits per heavy atom. The quantitative estimate of drug-likeness (QED) is 0.438. The summed E-state index contributed by atoms with van der Waals surface area (Å²) in [5.74, 6) is -0.408. The Bertz CT molecular complexity index is 831. The average molecular weight is 407 g/mol. The first-order valence-corrected chi connectivity index (χ1v) is 11.0. The molecule has 2 aliphatic rings. The molecule has 0 spiro atoms. The molecular formula is C19H25N3O5S. The summed E-state index contributed by atoms with van der Waals surface area (Å²) in [7, 11) is -3.46. The predicted octanol–water partition coefficient (Wildman–Crippen LogP) is 0.715. The van der Waals surface area contributed by atoms with Crippen LogP contribution in [0.3, 0.4) is 0 Å². The van der Waals surface area contributed by atoms with Gasteiger partial charge < -0.3 is 5.32 Å². The SMILES string of the molecule is O=C(CCc1ccc(S(=O)(=O)NC2CC2)cc1)NCCCN1C(=O)CCC1=O. The molecule has 9 heteroatoms. The summed E-state index contributed by atoms with van der Waals surface area (Å²) < 4.78 is 26.9. The van der Waals surface area contributed by atoms with Gasteiger partial charge >= 0.3 is 0 Å². The summed E-state index contributed by atoms with van der Waals surface area (Å²) in [4.78, 5) is 36.4. The van der Waals surface area contributed by atoms with Crippen LogP contribution >= 0.6 is 0 Å². The second-order valence-electron chi connectivity index (χ2n) is 7.18. The highest BCUT2D eigenvalue weighted by Gasteiger charge is 2.28. The van der Waals surface area contributed by atoms with Gasteiger partial charge in [-0.3, -0.25) is 19.3 Å². The van der Waals surface area contributed by atoms with Crippen molar-refractivity contribution in [1.29, 1.82) is 0 Å². The van der Waals surface area contributed by atoms with E-state index in [1.807, 2.05) is 0 Å². The van der Waals surface area contributed by atoms with Gasteiger partial charge in [0.2, 0.25) is 27.7 Å². The number of sulfonamides is 1. The van der Waals surface area contributed by atoms with E-state index in [1.165, 1.54) is 4.90 Å². The van der Waals surface area contributed by atoms with Gasteiger partial charge in [0.05, 0.1) is 4.90 Å². The van der Waals surface area contributed by atoms with Crippen LogP contribution in [-0.2, 0) is 30.8 Å². The van der Waals surface area contributed by atoms with Crippen LogP contribution in [0.25, 0.3) is 0 Å². The Hall–Kier alpha value is -2.26. The second-order valence-corrected chi connectivity index (χ2v) is 8.90. The van der Waals surface area contributed by atoms with Gasteiger partial charge in [-0.15, -0.1) is 0 Å². The first kappa shape index (κ1) is 20.5. The molecule has 1 heterocycles. The van der Waals surface area contributed by atoms with Crippen molar-refractivity contribution in [3.8, 4) is 0 Å². The van der Waals surface area contributed by atoms with E-state index in [0.717, 1.165) is 18.4 Å². The van der Waals surface area contributed by atoms with E-state index in [2.05, 4.69) is 10.0 Å². The summed E-state index contributed by atoms with van der Waals surface area (Å²) in [5, 5.41) is 2.78. The van der Waals surface area contributed by atoms with Gasteiger partial charge in [-0.25, -0.2) is 13.1 Å². The zero-order valence-corrected chi connectivity index (χ0v) is 16.5. The molecule has 1 aromatic rings. The number of likely N-dealkylation sites (tertiary alicyclic amines) is 1. The third-order valence-electron chi connectivity index (χ3n) is 4.81. The van der Waals surface area contributed by atoms with Gasteiger partial charge in [0.15, 0.2) is 0 Å². The molecule has 152 valence electrons. The molecule has 8 nitrogen and oxygen atoms in total. The summed E-state index contributed by atoms with van der Waals surface area (Å²) in [5.41, 5.74) is 0.883. The van der Waals surface area contributed by atoms with Crippen LogP contribution < -0.4 is 10.0 Å². The lowest BCUT2D eigenvalue weighted by molar-refractivity contribution is -0.138. The molecule has 3 rings (SSSR count). The third-order valence-corrected chi connectivity index (χ3v) is 6.35. The molecule has 0 aromatic heterocycles. The zero-order valence-electron chi connectivity index (χ0n) is 15.6. The number of aryl methyl sites for hydroxylation is 1. The average Bonchev–Trinajstić information content (AvgIpc) is 3.41. The normalized spacial score (nSPS) is 17.2. The lowest BCUT2D eigenvalue weighted by Gasteiger charge is -2.13. The maximum absolute atomic E-state index is 12.1. The maximum Gasteiger partial charge on any atom is 0.240 e. The number of nitrogens with zero attached hydrogens (tertiary/aromatic N) is 1. The van der Waals surface area contributed by atoms with Gasteiger partial charge in [0.25, 0.3) is 0 Å². The highest BCUT2D eigenvalue weighted by atomic mass is 32.2. The molecule has 0 radical (unpaired) electrons. The largest absolute Gasteiger partial charge is 0.356 e. The highest BCUT2D eigenvalue weighted by Crippen LogP contribution is 2.22. The minimum Gasteiger partial charge on any atom is -0.356 e. The van der Waals surface area contributed by atoms with E-state index in [1.54, 1.807) is 24.3 Å². The van der Waals surface area contributed by atoms with Crippen molar-refractivity contribution >= 4 is 27.7 Å². The Kier molecular flexibility index (Phi) is 6.46. The second kappa shape index (κ2) is 8.83. The van der Waals surface area contributed by atoms with Gasteiger partial charge in [-0.2, -0.15) is 0 Å². The maximum atomic E-state index is 12.1. The number of nitrogens with one attached hydrogen (secondary N) is 2. The van der Waals surface area contributed by atoms with Crippen molar-refractivity contribution < 1.29 is 22.8 Å². The number of imide groups is 1. The molecule has 1 aromatic carbocycles. The zero-order chi connectivity index (χ0) is 20.1. The summed E-state index contributed by atoms with van der Waals surface area (Å²) in [6.07, 6.45) is 3.65. The molecule has 1 saturated heterocycles. The minimum absolute atomic E-state index is 0.0649. The summed E-state index contributed by atoms with van der Waals surface area (Å²) in [6, 6.07) is 6.62. The molecule has 2 fully saturated rings. The van der Waals surface area contributed by atoms with Crippen molar-refractivity contribution in [3.63, 3.8) is 0 Å². The molecular weight excluding hydrogens is 382 g/mol. The van der Waals surface area contributed by atoms with Crippen molar-refractivity contribution in [2.45, 2.75) is 55.9 Å². The molecule has 0 bridgehead atoms. The van der Waals surface area contributed by atoms with E-state index >= 15 is 0 Å². The van der Waals surface area contributed by atoms with E-state index in [9.17, 15) is 22.8 Å². The van der Waals surface area contributed by atoms with E-state index in [0.29, 0.717) is 25.9 Å². The highest BCUT2D eigenvalue weighted by molar-refractivity contribution is 7.89. The van der Waals surface area contributed by atoms with Gasteiger partial charge in [0.1, 0.15) is 0 Å². The minimum atomic E-state index is -3.46. The number of benzene rings is 1. The van der Waals surface area contributed by atoms with Crippen molar-refractivity contribution in [2.75, 3.05) is 13.1 Å². The number of rotatable bonds is 10. The molecule has 2 N–H and O–H groups in total. The Morgan fingerprint density at radius 3 is 2.32 bits per heavy atom. The number of carbonyl (C=O) groups excluding carboxylic acids is 3. The van der Waals surface area contributed by atoms with Crippen molar-refractivity contribution in [3.05, 3.63) is 29.8 Å². The predicted molar refractivity (Wildman–Crippen MR) is 102 cm³/mol. The molecule has 28 heavy (non-hydrogen) atoms. The van der Waals surface area contributed by atoms with Crippen LogP contribution in [0.1, 0.15) is 44.1 Å². The van der Waals surface area contributed by atoms with Crippen LogP contribution in [0.15, 0.2) is 29.2 Å². The summed E-state index contributed by atoms with van der Waals surface area (Å²) >= 11 is 0. The standard InChI is InChI=1S/C19H25N3O5S/c23-17(20-12-1-13-22-18(24)10-11-19(22)25)9-4-14-2-7-16(8-3-14)28(26,27)21-15-5-6-15/h2-3,7-8,15,21H,1,4-6,9-13H2,(H,20,23). The molecule has 3 amide bonds. The third kappa shape index (κ3) is 5.62. The Balaban J connectivity index is 1.36. The first-order chi connectivity index (χ1) is 13.3. The van der Waals surface area contributed by atoms with Crippen LogP contribution in [0.5, 0.6) is 0 Å². The fraction of sp³-hybridized carbons (Fsp3) is 0.526. The number of hydrogen-bond donors (Lipinski definition) is 2. The molecule has 1 aliphatic heterocycles. The van der Waals surface area contributed by atoms with E-state index in [4.69, 9.17) is 0 Å². The fourth-order valence-electron chi connectivity index (χ4n) is 3.01. The van der Waals surface area contributed by atoms with Crippen LogP contribution in [0.2, 0.25) is 0 Å². The lowest BCUT2D eigenvalue weighted by Crippen LogP contribution is -2.33. The Labute approximate surface area is 164 Å².